The van der Waals surface area contributed by atoms with Crippen LogP contribution in [0.5, 0.6) is 0 Å². The van der Waals surface area contributed by atoms with Gasteiger partial charge in [-0.25, -0.2) is 4.79 Å². The monoisotopic (exact) mass is 488 g/mol. The molecule has 0 rings (SSSR count). The van der Waals surface area contributed by atoms with Gasteiger partial charge in [-0.3, -0.25) is 24.2 Å². The summed E-state index contributed by atoms with van der Waals surface area (Å²) in [5.74, 6) is -5.50. The number of aliphatic hydroxyl groups is 1. The van der Waals surface area contributed by atoms with Crippen LogP contribution < -0.4 is 38.9 Å². The topological polar surface area (TPSA) is 278 Å². The fourth-order valence-corrected chi connectivity index (χ4v) is 2.71. The number of hydrogen-bond acceptors (Lipinski definition) is 8. The second kappa shape index (κ2) is 14.6. The van der Waals surface area contributed by atoms with Crippen molar-refractivity contribution < 1.29 is 34.2 Å². The number of nitrogens with two attached hydrogens (primary N) is 4. The second-order valence-electron chi connectivity index (χ2n) is 8.08. The molecule has 5 atom stereocenters. The zero-order chi connectivity index (χ0) is 26.6. The van der Waals surface area contributed by atoms with Crippen molar-refractivity contribution in [3.63, 3.8) is 0 Å². The molecule has 0 bridgehead atoms. The van der Waals surface area contributed by atoms with Gasteiger partial charge in [0.15, 0.2) is 5.96 Å². The van der Waals surface area contributed by atoms with Gasteiger partial charge >= 0.3 is 5.97 Å². The van der Waals surface area contributed by atoms with Crippen molar-refractivity contribution in [1.82, 2.24) is 16.0 Å². The van der Waals surface area contributed by atoms with Crippen molar-refractivity contribution in [3.8, 4) is 0 Å². The molecular weight excluding hydrogens is 452 g/mol. The normalized spacial score (nSPS) is 15.2. The van der Waals surface area contributed by atoms with Crippen LogP contribution in [0.2, 0.25) is 0 Å². The van der Waals surface area contributed by atoms with E-state index in [0.29, 0.717) is 0 Å². The first kappa shape index (κ1) is 30.5. The van der Waals surface area contributed by atoms with Gasteiger partial charge < -0.3 is 49.1 Å². The Kier molecular flexibility index (Phi) is 13.2. The van der Waals surface area contributed by atoms with Crippen molar-refractivity contribution in [2.45, 2.75) is 70.3 Å². The molecule has 15 nitrogen and oxygen atoms in total. The predicted octanol–water partition coefficient (Wildman–Crippen LogP) is -4.18. The van der Waals surface area contributed by atoms with E-state index in [2.05, 4.69) is 20.9 Å². The number of rotatable bonds is 15. The van der Waals surface area contributed by atoms with E-state index < -0.39 is 72.2 Å². The van der Waals surface area contributed by atoms with Gasteiger partial charge in [0.2, 0.25) is 23.6 Å². The maximum Gasteiger partial charge on any atom is 0.326 e. The first-order valence-corrected chi connectivity index (χ1v) is 10.6. The van der Waals surface area contributed by atoms with Crippen molar-refractivity contribution >= 4 is 35.6 Å². The minimum Gasteiger partial charge on any atom is -0.480 e. The number of nitrogens with zero attached hydrogens (tertiary/aromatic N) is 1. The molecule has 0 spiro atoms. The molecular formula is C19H36N8O7. The fourth-order valence-electron chi connectivity index (χ4n) is 2.71. The minimum atomic E-state index is -1.51. The average molecular weight is 489 g/mol. The van der Waals surface area contributed by atoms with Crippen molar-refractivity contribution in [3.05, 3.63) is 0 Å². The Morgan fingerprint density at radius 2 is 1.44 bits per heavy atom. The van der Waals surface area contributed by atoms with E-state index in [0.717, 1.165) is 0 Å². The Labute approximate surface area is 197 Å². The SMILES string of the molecule is CC(C)C(NC(=O)C(N)C(C)O)C(=O)NC(CC(N)=O)C(=O)NC(CCCN=C(N)N)C(=O)O. The van der Waals surface area contributed by atoms with E-state index in [1.165, 1.54) is 6.92 Å². The van der Waals surface area contributed by atoms with Crippen LogP contribution in [-0.4, -0.2) is 82.6 Å². The third-order valence-electron chi connectivity index (χ3n) is 4.67. The minimum absolute atomic E-state index is 0.0308. The fraction of sp³-hybridized carbons (Fsp3) is 0.684. The first-order chi connectivity index (χ1) is 15.7. The number of guanidine groups is 1. The second-order valence-corrected chi connectivity index (χ2v) is 8.08. The molecule has 0 heterocycles. The summed E-state index contributed by atoms with van der Waals surface area (Å²) in [7, 11) is 0. The lowest BCUT2D eigenvalue weighted by Crippen LogP contribution is -2.59. The van der Waals surface area contributed by atoms with E-state index in [9.17, 15) is 34.2 Å². The van der Waals surface area contributed by atoms with Crippen LogP contribution in [-0.2, 0) is 24.0 Å². The van der Waals surface area contributed by atoms with E-state index in [4.69, 9.17) is 22.9 Å². The Morgan fingerprint density at radius 1 is 0.882 bits per heavy atom. The van der Waals surface area contributed by atoms with Crippen LogP contribution >= 0.6 is 0 Å². The summed E-state index contributed by atoms with van der Waals surface area (Å²) in [4.78, 5) is 64.3. The number of aliphatic carboxylic acids is 1. The number of carboxylic acids is 1. The molecule has 0 aliphatic heterocycles. The molecule has 0 saturated heterocycles. The maximum absolute atomic E-state index is 12.8. The number of nitrogens with one attached hydrogen (secondary N) is 3. The van der Waals surface area contributed by atoms with Crippen LogP contribution in [0.4, 0.5) is 0 Å². The zero-order valence-corrected chi connectivity index (χ0v) is 19.5. The summed E-state index contributed by atoms with van der Waals surface area (Å²) in [6.07, 6.45) is -1.60. The maximum atomic E-state index is 12.8. The van der Waals surface area contributed by atoms with Crippen LogP contribution in [0, 0.1) is 5.92 Å². The third kappa shape index (κ3) is 11.4. The number of carbonyl (C=O) groups excluding carboxylic acids is 4. The highest BCUT2D eigenvalue weighted by molar-refractivity contribution is 5.96. The van der Waals surface area contributed by atoms with Crippen molar-refractivity contribution in [2.24, 2.45) is 33.8 Å². The molecule has 0 aliphatic carbocycles. The van der Waals surface area contributed by atoms with Crippen LogP contribution in [0.1, 0.15) is 40.0 Å². The van der Waals surface area contributed by atoms with Gasteiger partial charge in [0.1, 0.15) is 24.2 Å². The smallest absolute Gasteiger partial charge is 0.326 e. The molecule has 13 N–H and O–H groups in total. The van der Waals surface area contributed by atoms with E-state index >= 15 is 0 Å². The highest BCUT2D eigenvalue weighted by Crippen LogP contribution is 2.06. The van der Waals surface area contributed by atoms with Crippen molar-refractivity contribution in [1.29, 1.82) is 0 Å². The Hall–Kier alpha value is -3.46. The standard InChI is InChI=1S/C19H36N8O7/c1-8(2)14(27-16(31)13(21)9(3)28)17(32)26-11(7-12(20)29)15(30)25-10(18(33)34)5-4-6-24-19(22)23/h8-11,13-14,28H,4-7,21H2,1-3H3,(H2,20,29)(H,25,30)(H,26,32)(H,27,31)(H,33,34)(H4,22,23,24). The Balaban J connectivity index is 5.42. The molecule has 0 aromatic heterocycles. The summed E-state index contributed by atoms with van der Waals surface area (Å²) in [5, 5.41) is 25.8. The number of carbonyl (C=O) groups is 5. The molecule has 0 fully saturated rings. The summed E-state index contributed by atoms with van der Waals surface area (Å²) >= 11 is 0. The molecule has 5 unspecified atom stereocenters. The van der Waals surface area contributed by atoms with Crippen molar-refractivity contribution in [2.75, 3.05) is 6.54 Å². The van der Waals surface area contributed by atoms with E-state index in [1.807, 2.05) is 0 Å². The zero-order valence-electron chi connectivity index (χ0n) is 19.5. The van der Waals surface area contributed by atoms with Gasteiger partial charge in [0.25, 0.3) is 0 Å². The largest absolute Gasteiger partial charge is 0.480 e. The summed E-state index contributed by atoms with van der Waals surface area (Å²) in [5.41, 5.74) is 21.2. The lowest BCUT2D eigenvalue weighted by Gasteiger charge is -2.27. The summed E-state index contributed by atoms with van der Waals surface area (Å²) in [6, 6.07) is -5.32. The lowest BCUT2D eigenvalue weighted by atomic mass is 10.0. The third-order valence-corrected chi connectivity index (χ3v) is 4.67. The number of hydrogen-bond donors (Lipinski definition) is 9. The van der Waals surface area contributed by atoms with Crippen LogP contribution in [0.25, 0.3) is 0 Å². The lowest BCUT2D eigenvalue weighted by molar-refractivity contribution is -0.142. The van der Waals surface area contributed by atoms with E-state index in [-0.39, 0.29) is 25.3 Å². The summed E-state index contributed by atoms with van der Waals surface area (Å²) in [6.45, 7) is 4.66. The molecule has 15 heteroatoms. The van der Waals surface area contributed by atoms with Gasteiger partial charge in [-0.1, -0.05) is 13.8 Å². The van der Waals surface area contributed by atoms with Crippen LogP contribution in [0.15, 0.2) is 4.99 Å². The Morgan fingerprint density at radius 3 is 1.88 bits per heavy atom. The predicted molar refractivity (Wildman–Crippen MR) is 122 cm³/mol. The number of primary amides is 1. The van der Waals surface area contributed by atoms with Gasteiger partial charge in [0.05, 0.1) is 12.5 Å². The van der Waals surface area contributed by atoms with Gasteiger partial charge in [-0.15, -0.1) is 0 Å². The van der Waals surface area contributed by atoms with Gasteiger partial charge in [-0.2, -0.15) is 0 Å². The molecule has 0 saturated carbocycles. The molecule has 194 valence electrons. The molecule has 0 aromatic carbocycles. The van der Waals surface area contributed by atoms with Gasteiger partial charge in [0, 0.05) is 6.54 Å². The Bertz CT molecular complexity index is 768. The molecule has 0 radical (unpaired) electrons. The molecule has 0 aromatic rings. The van der Waals surface area contributed by atoms with E-state index in [1.54, 1.807) is 13.8 Å². The average Bonchev–Trinajstić information content (AvgIpc) is 2.71. The van der Waals surface area contributed by atoms with Gasteiger partial charge in [-0.05, 0) is 25.7 Å². The highest BCUT2D eigenvalue weighted by Gasteiger charge is 2.32. The molecule has 4 amide bonds. The number of carboxylic acid groups (broad SMARTS) is 1. The number of aliphatic hydroxyl groups excluding tert-OH is 1. The summed E-state index contributed by atoms with van der Waals surface area (Å²) < 4.78 is 0. The molecule has 0 aliphatic rings. The quantitative estimate of drug-likeness (QED) is 0.0608. The number of aliphatic imine (C=N–C) groups is 1. The first-order valence-electron chi connectivity index (χ1n) is 10.6. The van der Waals surface area contributed by atoms with Crippen LogP contribution in [0.3, 0.4) is 0 Å². The molecule has 34 heavy (non-hydrogen) atoms. The number of amides is 4. The highest BCUT2D eigenvalue weighted by atomic mass is 16.4.